The number of aromatic nitrogens is 5. The van der Waals surface area contributed by atoms with Gasteiger partial charge in [0, 0.05) is 18.3 Å². The standard InChI is InChI=1S/C24H20F3N5O2/c1-14-12-31(13-28-14)19-5-3-15(9-20(19)33-2)4-6-21-29-24-23(34-8-7-32(24)30-21)22-17(26)10-16(25)11-18(22)27/h3-6,9-13,23H,7-8H2,1-2H3/b6-4+. The molecule has 0 spiro atoms. The van der Waals surface area contributed by atoms with E-state index in [1.807, 2.05) is 42.0 Å². The van der Waals surface area contributed by atoms with E-state index in [9.17, 15) is 13.2 Å². The van der Waals surface area contributed by atoms with Crippen LogP contribution in [-0.2, 0) is 11.3 Å². The van der Waals surface area contributed by atoms with Crippen molar-refractivity contribution in [3.8, 4) is 11.4 Å². The topological polar surface area (TPSA) is 67.0 Å². The molecule has 7 nitrogen and oxygen atoms in total. The highest BCUT2D eigenvalue weighted by molar-refractivity contribution is 5.69. The lowest BCUT2D eigenvalue weighted by Crippen LogP contribution is -2.25. The van der Waals surface area contributed by atoms with Crippen LogP contribution in [0.1, 0.15) is 34.6 Å². The predicted molar refractivity (Wildman–Crippen MR) is 118 cm³/mol. The molecule has 0 aliphatic carbocycles. The van der Waals surface area contributed by atoms with Crippen molar-refractivity contribution in [1.82, 2.24) is 24.3 Å². The molecule has 0 radical (unpaired) electrons. The quantitative estimate of drug-likeness (QED) is 0.433. The molecule has 0 fully saturated rings. The summed E-state index contributed by atoms with van der Waals surface area (Å²) >= 11 is 0. The molecular formula is C24H20F3N5O2. The highest BCUT2D eigenvalue weighted by Crippen LogP contribution is 2.32. The van der Waals surface area contributed by atoms with Gasteiger partial charge in [0.25, 0.3) is 0 Å². The van der Waals surface area contributed by atoms with Gasteiger partial charge in [-0.05, 0) is 30.7 Å². The number of methoxy groups -OCH3 is 1. The second-order valence-electron chi connectivity index (χ2n) is 7.77. The zero-order valence-electron chi connectivity index (χ0n) is 18.4. The van der Waals surface area contributed by atoms with Crippen molar-refractivity contribution in [2.45, 2.75) is 19.6 Å². The van der Waals surface area contributed by atoms with Gasteiger partial charge in [-0.3, -0.25) is 0 Å². The van der Waals surface area contributed by atoms with Crippen LogP contribution in [0.25, 0.3) is 17.8 Å². The Labute approximate surface area is 193 Å². The molecule has 4 aromatic rings. The minimum Gasteiger partial charge on any atom is -0.495 e. The van der Waals surface area contributed by atoms with Crippen molar-refractivity contribution in [1.29, 1.82) is 0 Å². The molecule has 1 aliphatic heterocycles. The van der Waals surface area contributed by atoms with E-state index in [1.165, 1.54) is 0 Å². The molecule has 0 amide bonds. The van der Waals surface area contributed by atoms with Gasteiger partial charge in [-0.25, -0.2) is 27.8 Å². The van der Waals surface area contributed by atoms with Crippen molar-refractivity contribution in [3.05, 3.63) is 88.8 Å². The smallest absolute Gasteiger partial charge is 0.174 e. The van der Waals surface area contributed by atoms with E-state index < -0.39 is 23.6 Å². The fourth-order valence-electron chi connectivity index (χ4n) is 3.88. The van der Waals surface area contributed by atoms with Crippen molar-refractivity contribution in [2.75, 3.05) is 13.7 Å². The van der Waals surface area contributed by atoms with E-state index in [-0.39, 0.29) is 18.0 Å². The van der Waals surface area contributed by atoms with Crippen LogP contribution < -0.4 is 4.74 Å². The van der Waals surface area contributed by atoms with Crippen molar-refractivity contribution in [2.24, 2.45) is 0 Å². The first-order valence-corrected chi connectivity index (χ1v) is 10.5. The molecular weight excluding hydrogens is 447 g/mol. The van der Waals surface area contributed by atoms with Gasteiger partial charge in [0.15, 0.2) is 11.6 Å². The summed E-state index contributed by atoms with van der Waals surface area (Å²) in [6.45, 7) is 2.47. The van der Waals surface area contributed by atoms with Crippen LogP contribution in [0, 0.1) is 24.4 Å². The number of benzene rings is 2. The van der Waals surface area contributed by atoms with Crippen LogP contribution in [-0.4, -0.2) is 38.0 Å². The largest absolute Gasteiger partial charge is 0.495 e. The predicted octanol–water partition coefficient (Wildman–Crippen LogP) is 4.49. The van der Waals surface area contributed by atoms with E-state index in [1.54, 1.807) is 24.2 Å². The maximum Gasteiger partial charge on any atom is 0.174 e. The van der Waals surface area contributed by atoms with E-state index in [4.69, 9.17) is 9.47 Å². The molecule has 0 N–H and O–H groups in total. The lowest BCUT2D eigenvalue weighted by molar-refractivity contribution is 0.0346. The first-order valence-electron chi connectivity index (χ1n) is 10.5. The third kappa shape index (κ3) is 4.08. The summed E-state index contributed by atoms with van der Waals surface area (Å²) < 4.78 is 56.6. The number of ether oxygens (including phenoxy) is 2. The van der Waals surface area contributed by atoms with Gasteiger partial charge in [0.2, 0.25) is 0 Å². The van der Waals surface area contributed by atoms with E-state index in [0.717, 1.165) is 16.9 Å². The summed E-state index contributed by atoms with van der Waals surface area (Å²) in [6, 6.07) is 6.94. The number of aryl methyl sites for hydroxylation is 1. The van der Waals surface area contributed by atoms with Crippen LogP contribution in [0.4, 0.5) is 13.2 Å². The highest BCUT2D eigenvalue weighted by atomic mass is 19.1. The molecule has 0 bridgehead atoms. The molecule has 10 heteroatoms. The molecule has 0 saturated carbocycles. The second kappa shape index (κ2) is 8.79. The number of hydrogen-bond donors (Lipinski definition) is 0. The average molecular weight is 467 g/mol. The fraction of sp³-hybridized carbons (Fsp3) is 0.208. The molecule has 174 valence electrons. The Hall–Kier alpha value is -3.92. The summed E-state index contributed by atoms with van der Waals surface area (Å²) in [4.78, 5) is 8.65. The van der Waals surface area contributed by atoms with Crippen LogP contribution in [0.15, 0.2) is 42.9 Å². The third-order valence-electron chi connectivity index (χ3n) is 5.46. The van der Waals surface area contributed by atoms with Gasteiger partial charge in [0.1, 0.15) is 29.3 Å². The van der Waals surface area contributed by atoms with Crippen molar-refractivity contribution in [3.63, 3.8) is 0 Å². The Morgan fingerprint density at radius 3 is 2.62 bits per heavy atom. The number of rotatable bonds is 5. The first-order chi connectivity index (χ1) is 16.4. The summed E-state index contributed by atoms with van der Waals surface area (Å²) in [5, 5.41) is 4.41. The van der Waals surface area contributed by atoms with Gasteiger partial charge in [0.05, 0.1) is 43.5 Å². The average Bonchev–Trinajstić information content (AvgIpc) is 3.43. The minimum absolute atomic E-state index is 0.187. The number of fused-ring (bicyclic) bond motifs is 1. The molecule has 2 aromatic carbocycles. The molecule has 5 rings (SSSR count). The van der Waals surface area contributed by atoms with Gasteiger partial charge in [-0.2, -0.15) is 5.10 Å². The SMILES string of the molecule is COc1cc(/C=C/c2nc3n(n2)CCOC3c2c(F)cc(F)cc2F)ccc1-n1cnc(C)c1. The van der Waals surface area contributed by atoms with Crippen LogP contribution in [0.5, 0.6) is 5.75 Å². The van der Waals surface area contributed by atoms with Crippen molar-refractivity contribution < 1.29 is 22.6 Å². The van der Waals surface area contributed by atoms with Crippen LogP contribution >= 0.6 is 0 Å². The number of halogens is 3. The Balaban J connectivity index is 1.43. The molecule has 34 heavy (non-hydrogen) atoms. The summed E-state index contributed by atoms with van der Waals surface area (Å²) in [6.07, 6.45) is 5.99. The van der Waals surface area contributed by atoms with Gasteiger partial charge < -0.3 is 14.0 Å². The Bertz CT molecular complexity index is 1370. The number of nitrogens with zero attached hydrogens (tertiary/aromatic N) is 5. The zero-order valence-corrected chi connectivity index (χ0v) is 18.4. The minimum atomic E-state index is -1.12. The molecule has 2 aromatic heterocycles. The molecule has 0 saturated heterocycles. The molecule has 1 aliphatic rings. The third-order valence-corrected chi connectivity index (χ3v) is 5.46. The zero-order chi connectivity index (χ0) is 23.8. The Morgan fingerprint density at radius 2 is 1.91 bits per heavy atom. The molecule has 1 unspecified atom stereocenters. The van der Waals surface area contributed by atoms with Gasteiger partial charge in [-0.1, -0.05) is 12.1 Å². The summed E-state index contributed by atoms with van der Waals surface area (Å²) in [5.74, 6) is -1.80. The molecule has 3 heterocycles. The fourth-order valence-corrected chi connectivity index (χ4v) is 3.88. The summed E-state index contributed by atoms with van der Waals surface area (Å²) in [5.41, 5.74) is 2.19. The maximum atomic E-state index is 14.3. The van der Waals surface area contributed by atoms with Crippen LogP contribution in [0.3, 0.4) is 0 Å². The maximum absolute atomic E-state index is 14.3. The van der Waals surface area contributed by atoms with Crippen LogP contribution in [0.2, 0.25) is 0 Å². The first kappa shape index (κ1) is 21.9. The summed E-state index contributed by atoms with van der Waals surface area (Å²) in [7, 11) is 1.59. The highest BCUT2D eigenvalue weighted by Gasteiger charge is 2.31. The van der Waals surface area contributed by atoms with Gasteiger partial charge in [-0.15, -0.1) is 0 Å². The van der Waals surface area contributed by atoms with Gasteiger partial charge >= 0.3 is 0 Å². The van der Waals surface area contributed by atoms with Crippen molar-refractivity contribution >= 4 is 12.2 Å². The van der Waals surface area contributed by atoms with E-state index >= 15 is 0 Å². The van der Waals surface area contributed by atoms with E-state index in [0.29, 0.717) is 30.3 Å². The number of hydrogen-bond acceptors (Lipinski definition) is 5. The van der Waals surface area contributed by atoms with E-state index in [2.05, 4.69) is 15.1 Å². The monoisotopic (exact) mass is 467 g/mol. The Kier molecular flexibility index (Phi) is 5.66. The lowest BCUT2D eigenvalue weighted by Gasteiger charge is -2.23. The normalized spacial score (nSPS) is 15.6. The second-order valence-corrected chi connectivity index (χ2v) is 7.77. The number of imidazole rings is 1. The molecule has 1 atom stereocenters. The Morgan fingerprint density at radius 1 is 1.12 bits per heavy atom. The lowest BCUT2D eigenvalue weighted by atomic mass is 10.1.